The lowest BCUT2D eigenvalue weighted by atomic mass is 9.97. The number of aromatic nitrogens is 4. The number of anilines is 2. The fraction of sp³-hybridized carbons (Fsp3) is 0.378. The fourth-order valence-corrected chi connectivity index (χ4v) is 7.45. The highest BCUT2D eigenvalue weighted by atomic mass is 28.3. The van der Waals surface area contributed by atoms with Gasteiger partial charge in [-0.25, -0.2) is 18.2 Å². The van der Waals surface area contributed by atoms with Crippen LogP contribution in [0.3, 0.4) is 0 Å². The molecule has 7 rings (SSSR count). The third-order valence-corrected chi connectivity index (χ3v) is 11.1. The Morgan fingerprint density at radius 2 is 1.76 bits per heavy atom. The molecule has 1 atom stereocenters. The molecule has 2 aliphatic rings. The van der Waals surface area contributed by atoms with E-state index in [9.17, 15) is 13.6 Å². The van der Waals surface area contributed by atoms with E-state index in [1.165, 1.54) is 11.0 Å². The Hall–Kier alpha value is -4.46. The standard InChI is InChI=1S/C37H41F3N6O3Si/c1-43-32(21-49-20-25-8-6-5-7-9-25)33-34(42-43)36(47)46(35(33)28-12-10-26(18-29(28)38)44-15-14-37(39,40)22-44)27-11-13-31-30(19-27)41-23-45(31)24-48-16-17-50(2,3)4/h5-13,18-19,23,35H,14-17,20-22,24H2,1-4H3. The summed E-state index contributed by atoms with van der Waals surface area (Å²) < 4.78 is 60.0. The van der Waals surface area contributed by atoms with Gasteiger partial charge in [0, 0.05) is 57.2 Å². The van der Waals surface area contributed by atoms with Gasteiger partial charge in [-0.05, 0) is 41.9 Å². The summed E-state index contributed by atoms with van der Waals surface area (Å²) in [4.78, 5) is 21.9. The summed E-state index contributed by atoms with van der Waals surface area (Å²) in [7, 11) is 0.512. The predicted molar refractivity (Wildman–Crippen MR) is 189 cm³/mol. The number of benzene rings is 3. The zero-order chi connectivity index (χ0) is 35.2. The van der Waals surface area contributed by atoms with Crippen LogP contribution in [-0.2, 0) is 36.5 Å². The van der Waals surface area contributed by atoms with Gasteiger partial charge in [-0.1, -0.05) is 56.0 Å². The number of nitrogens with zero attached hydrogens (tertiary/aromatic N) is 6. The van der Waals surface area contributed by atoms with Crippen molar-refractivity contribution in [3.05, 3.63) is 107 Å². The maximum Gasteiger partial charge on any atom is 0.280 e. The Morgan fingerprint density at radius 1 is 0.980 bits per heavy atom. The topological polar surface area (TPSA) is 77.7 Å². The number of aryl methyl sites for hydroxylation is 1. The Balaban J connectivity index is 1.23. The number of carbonyl (C=O) groups is 1. The van der Waals surface area contributed by atoms with Gasteiger partial charge >= 0.3 is 0 Å². The molecule has 0 spiro atoms. The molecule has 0 radical (unpaired) electrons. The molecular formula is C37H41F3N6O3Si. The van der Waals surface area contributed by atoms with Crippen LogP contribution in [0.4, 0.5) is 24.5 Å². The number of halogens is 3. The van der Waals surface area contributed by atoms with E-state index in [0.717, 1.165) is 17.1 Å². The van der Waals surface area contributed by atoms with Gasteiger partial charge in [0.25, 0.3) is 11.8 Å². The summed E-state index contributed by atoms with van der Waals surface area (Å²) in [6.07, 6.45) is 1.43. The summed E-state index contributed by atoms with van der Waals surface area (Å²) in [6, 6.07) is 19.9. The van der Waals surface area contributed by atoms with Crippen LogP contribution >= 0.6 is 0 Å². The molecule has 0 saturated carbocycles. The summed E-state index contributed by atoms with van der Waals surface area (Å²) >= 11 is 0. The Kier molecular flexibility index (Phi) is 9.08. The molecule has 2 aromatic heterocycles. The van der Waals surface area contributed by atoms with Gasteiger partial charge in [0.1, 0.15) is 12.5 Å². The highest BCUT2D eigenvalue weighted by Gasteiger charge is 2.45. The van der Waals surface area contributed by atoms with Crippen molar-refractivity contribution < 1.29 is 27.4 Å². The molecule has 9 nitrogen and oxygen atoms in total. The minimum absolute atomic E-state index is 0.130. The van der Waals surface area contributed by atoms with Crippen molar-refractivity contribution in [3.8, 4) is 0 Å². The first kappa shape index (κ1) is 34.0. The highest BCUT2D eigenvalue weighted by molar-refractivity contribution is 6.76. The molecule has 0 aliphatic carbocycles. The number of alkyl halides is 2. The van der Waals surface area contributed by atoms with E-state index in [2.05, 4.69) is 29.7 Å². The van der Waals surface area contributed by atoms with Crippen LogP contribution < -0.4 is 9.80 Å². The van der Waals surface area contributed by atoms with Crippen LogP contribution in [0.1, 0.15) is 45.3 Å². The zero-order valence-corrected chi connectivity index (χ0v) is 29.7. The van der Waals surface area contributed by atoms with E-state index >= 15 is 4.39 Å². The fourth-order valence-electron chi connectivity index (χ4n) is 6.69. The van der Waals surface area contributed by atoms with E-state index in [1.807, 2.05) is 53.1 Å². The Labute approximate surface area is 290 Å². The van der Waals surface area contributed by atoms with Gasteiger partial charge in [-0.3, -0.25) is 14.4 Å². The van der Waals surface area contributed by atoms with E-state index in [0.29, 0.717) is 48.1 Å². The van der Waals surface area contributed by atoms with Crippen molar-refractivity contribution in [1.82, 2.24) is 19.3 Å². The normalized spacial score (nSPS) is 17.3. The summed E-state index contributed by atoms with van der Waals surface area (Å²) in [5, 5.41) is 4.60. The van der Waals surface area contributed by atoms with Gasteiger partial charge in [-0.2, -0.15) is 5.10 Å². The number of amides is 1. The highest BCUT2D eigenvalue weighted by Crippen LogP contribution is 2.45. The SMILES string of the molecule is Cn1nc2c(c1COCc1ccccc1)C(c1ccc(N3CCC(F)(F)C3)cc1F)N(c1ccc3c(c1)ncn3COCC[Si](C)(C)C)C2=O. The lowest BCUT2D eigenvalue weighted by Crippen LogP contribution is -2.31. The maximum atomic E-state index is 16.3. The number of fused-ring (bicyclic) bond motifs is 2. The molecule has 1 amide bonds. The van der Waals surface area contributed by atoms with E-state index < -0.39 is 32.4 Å². The van der Waals surface area contributed by atoms with Gasteiger partial charge in [0.05, 0.1) is 48.9 Å². The molecule has 2 aliphatic heterocycles. The monoisotopic (exact) mass is 702 g/mol. The molecule has 0 bridgehead atoms. The van der Waals surface area contributed by atoms with Gasteiger partial charge < -0.3 is 18.9 Å². The minimum atomic E-state index is -2.82. The van der Waals surface area contributed by atoms with Crippen molar-refractivity contribution in [2.75, 3.05) is 29.5 Å². The van der Waals surface area contributed by atoms with E-state index in [4.69, 9.17) is 9.47 Å². The van der Waals surface area contributed by atoms with Crippen LogP contribution in [0.25, 0.3) is 11.0 Å². The Bertz CT molecular complexity index is 2030. The molecule has 262 valence electrons. The molecule has 5 aromatic rings. The first-order valence-corrected chi connectivity index (χ1v) is 20.6. The number of ether oxygens (including phenoxy) is 2. The van der Waals surface area contributed by atoms with Gasteiger partial charge in [0.2, 0.25) is 0 Å². The third kappa shape index (κ3) is 6.81. The first-order chi connectivity index (χ1) is 23.9. The molecule has 50 heavy (non-hydrogen) atoms. The van der Waals surface area contributed by atoms with Crippen LogP contribution in [0.15, 0.2) is 73.1 Å². The van der Waals surface area contributed by atoms with Crippen molar-refractivity contribution >= 4 is 36.4 Å². The van der Waals surface area contributed by atoms with Crippen molar-refractivity contribution in [3.63, 3.8) is 0 Å². The molecule has 0 N–H and O–H groups in total. The number of hydrogen-bond donors (Lipinski definition) is 0. The van der Waals surface area contributed by atoms with Crippen LogP contribution in [-0.4, -0.2) is 58.9 Å². The molecule has 1 unspecified atom stereocenters. The first-order valence-electron chi connectivity index (χ1n) is 16.8. The lowest BCUT2D eigenvalue weighted by molar-refractivity contribution is 0.0257. The Morgan fingerprint density at radius 3 is 2.48 bits per heavy atom. The smallest absolute Gasteiger partial charge is 0.280 e. The van der Waals surface area contributed by atoms with Crippen molar-refractivity contribution in [2.45, 2.75) is 64.0 Å². The maximum absolute atomic E-state index is 16.3. The number of carbonyl (C=O) groups excluding carboxylic acids is 1. The number of imidazole rings is 1. The van der Waals surface area contributed by atoms with Crippen LogP contribution in [0, 0.1) is 5.82 Å². The van der Waals surface area contributed by atoms with Gasteiger partial charge in [-0.15, -0.1) is 0 Å². The van der Waals surface area contributed by atoms with Crippen molar-refractivity contribution in [2.24, 2.45) is 7.05 Å². The summed E-state index contributed by atoms with van der Waals surface area (Å²) in [5.41, 5.74) is 5.01. The molecule has 1 saturated heterocycles. The number of rotatable bonds is 12. The van der Waals surface area contributed by atoms with Crippen LogP contribution in [0.2, 0.25) is 25.7 Å². The quantitative estimate of drug-likeness (QED) is 0.0989. The summed E-state index contributed by atoms with van der Waals surface area (Å²) in [6.45, 7) is 8.09. The second-order valence-electron chi connectivity index (χ2n) is 14.4. The molecule has 1 fully saturated rings. The van der Waals surface area contributed by atoms with E-state index in [1.54, 1.807) is 35.1 Å². The molecule has 13 heteroatoms. The predicted octanol–water partition coefficient (Wildman–Crippen LogP) is 7.53. The second-order valence-corrected chi connectivity index (χ2v) is 20.0. The number of hydrogen-bond acceptors (Lipinski definition) is 6. The minimum Gasteiger partial charge on any atom is -0.370 e. The van der Waals surface area contributed by atoms with Gasteiger partial charge in [0.15, 0.2) is 5.69 Å². The van der Waals surface area contributed by atoms with Crippen LogP contribution in [0.5, 0.6) is 0 Å². The average Bonchev–Trinajstić information content (AvgIpc) is 3.81. The summed E-state index contributed by atoms with van der Waals surface area (Å²) in [5.74, 6) is -3.81. The third-order valence-electron chi connectivity index (χ3n) is 9.43. The zero-order valence-electron chi connectivity index (χ0n) is 28.7. The lowest BCUT2D eigenvalue weighted by Gasteiger charge is -2.28. The van der Waals surface area contributed by atoms with Crippen molar-refractivity contribution in [1.29, 1.82) is 0 Å². The largest absolute Gasteiger partial charge is 0.370 e. The molecule has 4 heterocycles. The second kappa shape index (κ2) is 13.3. The average molecular weight is 703 g/mol. The molecular weight excluding hydrogens is 662 g/mol. The van der Waals surface area contributed by atoms with E-state index in [-0.39, 0.29) is 36.7 Å². The molecule has 3 aromatic carbocycles.